The molecule has 4 heteroatoms. The third kappa shape index (κ3) is 3.03. The van der Waals surface area contributed by atoms with E-state index in [1.54, 1.807) is 11.8 Å². The van der Waals surface area contributed by atoms with E-state index in [1.807, 2.05) is 13.8 Å². The molecular weight excluding hydrogens is 180 g/mol. The maximum atomic E-state index is 11.6. The van der Waals surface area contributed by atoms with Gasteiger partial charge in [-0.05, 0) is 20.8 Å². The van der Waals surface area contributed by atoms with Crippen molar-refractivity contribution in [2.24, 2.45) is 0 Å². The van der Waals surface area contributed by atoms with Crippen LogP contribution in [0.25, 0.3) is 0 Å². The van der Waals surface area contributed by atoms with Gasteiger partial charge in [-0.1, -0.05) is 6.58 Å². The highest BCUT2D eigenvalue weighted by Gasteiger charge is 2.25. The maximum Gasteiger partial charge on any atom is 0.321 e. The van der Waals surface area contributed by atoms with Crippen LogP contribution in [0.1, 0.15) is 20.8 Å². The van der Waals surface area contributed by atoms with Crippen molar-refractivity contribution in [3.63, 3.8) is 0 Å². The highest BCUT2D eigenvalue weighted by atomic mass is 16.5. The first-order chi connectivity index (χ1) is 6.49. The molecular formula is C10H18N2O2. The predicted octanol–water partition coefficient (Wildman–Crippen LogP) is 1.34. The number of carbonyl (C=O) groups excluding carboxylic acids is 1. The van der Waals surface area contributed by atoms with E-state index in [0.717, 1.165) is 0 Å². The number of urea groups is 1. The van der Waals surface area contributed by atoms with E-state index < -0.39 is 0 Å². The van der Waals surface area contributed by atoms with Crippen molar-refractivity contribution in [2.45, 2.75) is 33.0 Å². The van der Waals surface area contributed by atoms with Gasteiger partial charge in [-0.15, -0.1) is 0 Å². The van der Waals surface area contributed by atoms with Gasteiger partial charge in [0.1, 0.15) is 0 Å². The first-order valence-electron chi connectivity index (χ1n) is 4.86. The topological polar surface area (TPSA) is 41.6 Å². The summed E-state index contributed by atoms with van der Waals surface area (Å²) >= 11 is 0. The Labute approximate surface area is 84.9 Å². The molecule has 80 valence electrons. The quantitative estimate of drug-likeness (QED) is 0.690. The Balaban J connectivity index is 2.50. The Kier molecular flexibility index (Phi) is 3.52. The van der Waals surface area contributed by atoms with E-state index in [2.05, 4.69) is 11.9 Å². The van der Waals surface area contributed by atoms with Crippen molar-refractivity contribution in [1.29, 1.82) is 0 Å². The summed E-state index contributed by atoms with van der Waals surface area (Å²) in [4.78, 5) is 13.4. The fourth-order valence-electron chi connectivity index (χ4n) is 1.61. The number of ether oxygens (including phenoxy) is 1. The third-order valence-corrected chi connectivity index (χ3v) is 2.03. The summed E-state index contributed by atoms with van der Waals surface area (Å²) in [6.45, 7) is 10.6. The molecule has 14 heavy (non-hydrogen) atoms. The minimum Gasteiger partial charge on any atom is -0.372 e. The lowest BCUT2D eigenvalue weighted by Gasteiger charge is -2.35. The lowest BCUT2D eigenvalue weighted by atomic mass is 10.2. The van der Waals surface area contributed by atoms with Crippen molar-refractivity contribution in [3.8, 4) is 0 Å². The number of rotatable bonds is 1. The minimum absolute atomic E-state index is 0.0838. The van der Waals surface area contributed by atoms with Crippen LogP contribution in [0.2, 0.25) is 0 Å². The van der Waals surface area contributed by atoms with Crippen LogP contribution in [-0.4, -0.2) is 36.2 Å². The van der Waals surface area contributed by atoms with Crippen molar-refractivity contribution < 1.29 is 9.53 Å². The van der Waals surface area contributed by atoms with E-state index in [9.17, 15) is 4.79 Å². The van der Waals surface area contributed by atoms with E-state index in [4.69, 9.17) is 4.74 Å². The fraction of sp³-hybridized carbons (Fsp3) is 0.700. The Morgan fingerprint density at radius 3 is 2.36 bits per heavy atom. The normalized spacial score (nSPS) is 27.2. The molecule has 1 N–H and O–H groups in total. The first kappa shape index (κ1) is 11.0. The molecule has 0 aromatic heterocycles. The molecule has 0 aliphatic carbocycles. The minimum atomic E-state index is -0.0838. The molecule has 1 saturated heterocycles. The summed E-state index contributed by atoms with van der Waals surface area (Å²) in [5, 5.41) is 2.69. The molecule has 0 aromatic carbocycles. The molecule has 4 nitrogen and oxygen atoms in total. The molecule has 2 atom stereocenters. The SMILES string of the molecule is C=C(C)NC(=O)N1CC(C)OC(C)C1. The number of morpholine rings is 1. The summed E-state index contributed by atoms with van der Waals surface area (Å²) in [5.74, 6) is 0. The smallest absolute Gasteiger partial charge is 0.321 e. The van der Waals surface area contributed by atoms with Crippen LogP contribution >= 0.6 is 0 Å². The summed E-state index contributed by atoms with van der Waals surface area (Å²) in [6, 6.07) is -0.0838. The monoisotopic (exact) mass is 198 g/mol. The average Bonchev–Trinajstić information content (AvgIpc) is 2.00. The second-order valence-corrected chi connectivity index (χ2v) is 3.87. The van der Waals surface area contributed by atoms with Gasteiger partial charge in [0, 0.05) is 18.8 Å². The number of allylic oxidation sites excluding steroid dienone is 1. The Bertz CT molecular complexity index is 230. The van der Waals surface area contributed by atoms with E-state index in [0.29, 0.717) is 18.8 Å². The summed E-state index contributed by atoms with van der Waals surface area (Å²) in [5.41, 5.74) is 0.668. The molecule has 1 aliphatic rings. The molecule has 2 unspecified atom stereocenters. The zero-order valence-corrected chi connectivity index (χ0v) is 9.04. The molecule has 1 fully saturated rings. The van der Waals surface area contributed by atoms with Crippen molar-refractivity contribution >= 4 is 6.03 Å². The Morgan fingerprint density at radius 1 is 1.43 bits per heavy atom. The van der Waals surface area contributed by atoms with Gasteiger partial charge in [0.15, 0.2) is 0 Å². The van der Waals surface area contributed by atoms with E-state index >= 15 is 0 Å². The van der Waals surface area contributed by atoms with Crippen LogP contribution in [-0.2, 0) is 4.74 Å². The van der Waals surface area contributed by atoms with Crippen molar-refractivity contribution in [3.05, 3.63) is 12.3 Å². The molecule has 0 bridgehead atoms. The number of nitrogens with one attached hydrogen (secondary N) is 1. The Hall–Kier alpha value is -1.03. The van der Waals surface area contributed by atoms with E-state index in [1.165, 1.54) is 0 Å². The van der Waals surface area contributed by atoms with Gasteiger partial charge in [-0.3, -0.25) is 0 Å². The fourth-order valence-corrected chi connectivity index (χ4v) is 1.61. The number of carbonyl (C=O) groups is 1. The lowest BCUT2D eigenvalue weighted by Crippen LogP contribution is -2.51. The molecule has 0 radical (unpaired) electrons. The molecule has 1 heterocycles. The number of nitrogens with zero attached hydrogens (tertiary/aromatic N) is 1. The zero-order chi connectivity index (χ0) is 10.7. The number of amides is 2. The summed E-state index contributed by atoms with van der Waals surface area (Å²) in [6.07, 6.45) is 0.212. The molecule has 0 aromatic rings. The van der Waals surface area contributed by atoms with Crippen molar-refractivity contribution in [2.75, 3.05) is 13.1 Å². The molecule has 1 aliphatic heterocycles. The van der Waals surface area contributed by atoms with E-state index in [-0.39, 0.29) is 18.2 Å². The maximum absolute atomic E-state index is 11.6. The van der Waals surface area contributed by atoms with Gasteiger partial charge in [0.25, 0.3) is 0 Å². The lowest BCUT2D eigenvalue weighted by molar-refractivity contribution is -0.0542. The van der Waals surface area contributed by atoms with Crippen molar-refractivity contribution in [1.82, 2.24) is 10.2 Å². The van der Waals surface area contributed by atoms with Gasteiger partial charge < -0.3 is 15.0 Å². The van der Waals surface area contributed by atoms with Gasteiger partial charge in [0.05, 0.1) is 12.2 Å². The van der Waals surface area contributed by atoms with Crippen LogP contribution < -0.4 is 5.32 Å². The average molecular weight is 198 g/mol. The second-order valence-electron chi connectivity index (χ2n) is 3.87. The van der Waals surface area contributed by atoms with Crippen LogP contribution in [0.15, 0.2) is 12.3 Å². The van der Waals surface area contributed by atoms with Gasteiger partial charge in [0.2, 0.25) is 0 Å². The Morgan fingerprint density at radius 2 is 1.93 bits per heavy atom. The molecule has 0 saturated carbocycles. The van der Waals surface area contributed by atoms with Gasteiger partial charge in [-0.25, -0.2) is 4.79 Å². The van der Waals surface area contributed by atoms with Crippen LogP contribution in [0.4, 0.5) is 4.79 Å². The van der Waals surface area contributed by atoms with Gasteiger partial charge in [-0.2, -0.15) is 0 Å². The summed E-state index contributed by atoms with van der Waals surface area (Å²) < 4.78 is 5.53. The van der Waals surface area contributed by atoms with Crippen LogP contribution in [0.5, 0.6) is 0 Å². The highest BCUT2D eigenvalue weighted by Crippen LogP contribution is 2.10. The number of hydrogen-bond donors (Lipinski definition) is 1. The third-order valence-electron chi connectivity index (χ3n) is 2.03. The first-order valence-corrected chi connectivity index (χ1v) is 4.86. The standard InChI is InChI=1S/C10H18N2O2/c1-7(2)11-10(13)12-5-8(3)14-9(4)6-12/h8-9H,1,5-6H2,2-4H3,(H,11,13). The molecule has 0 spiro atoms. The van der Waals surface area contributed by atoms with Crippen LogP contribution in [0, 0.1) is 0 Å². The second kappa shape index (κ2) is 4.46. The highest BCUT2D eigenvalue weighted by molar-refractivity contribution is 5.76. The molecule has 2 amide bonds. The molecule has 1 rings (SSSR count). The number of hydrogen-bond acceptors (Lipinski definition) is 2. The van der Waals surface area contributed by atoms with Gasteiger partial charge >= 0.3 is 6.03 Å². The largest absolute Gasteiger partial charge is 0.372 e. The summed E-state index contributed by atoms with van der Waals surface area (Å²) in [7, 11) is 0. The zero-order valence-electron chi connectivity index (χ0n) is 9.04. The predicted molar refractivity (Wildman–Crippen MR) is 54.9 cm³/mol. The van der Waals surface area contributed by atoms with Crippen LogP contribution in [0.3, 0.4) is 0 Å².